The number of nitrogens with zero attached hydrogens (tertiary/aromatic N) is 10. The van der Waals surface area contributed by atoms with Crippen molar-refractivity contribution in [1.82, 2.24) is 39.9 Å². The van der Waals surface area contributed by atoms with Gasteiger partial charge >= 0.3 is 0 Å². The molecule has 3 aromatic heterocycles. The highest BCUT2D eigenvalue weighted by molar-refractivity contribution is 6.08. The van der Waals surface area contributed by atoms with Crippen LogP contribution in [0, 0.1) is 40.5 Å². The Morgan fingerprint density at radius 1 is 0.338 bits per heavy atom. The lowest BCUT2D eigenvalue weighted by atomic mass is 9.84. The van der Waals surface area contributed by atoms with Crippen molar-refractivity contribution in [3.8, 4) is 45.6 Å². The highest BCUT2D eigenvalue weighted by atomic mass is 16.6. The number of hydrogen-bond acceptors (Lipinski definition) is 14. The number of nitro groups is 4. The lowest BCUT2D eigenvalue weighted by Crippen LogP contribution is -2.14. The summed E-state index contributed by atoms with van der Waals surface area (Å²) in [6.45, 7) is 22.1. The molecule has 68 heavy (non-hydrogen) atoms. The van der Waals surface area contributed by atoms with Crippen LogP contribution in [0.2, 0.25) is 0 Å². The van der Waals surface area contributed by atoms with E-state index in [0.717, 1.165) is 0 Å². The van der Waals surface area contributed by atoms with Gasteiger partial charge in [0, 0.05) is 90.3 Å². The molecule has 0 saturated carbocycles. The fourth-order valence-corrected chi connectivity index (χ4v) is 8.94. The molecule has 2 N–H and O–H groups in total. The Kier molecular flexibility index (Phi) is 9.71. The Morgan fingerprint density at radius 2 is 0.559 bits per heavy atom. The molecule has 0 unspecified atom stereocenters. The van der Waals surface area contributed by atoms with Crippen LogP contribution in [0.1, 0.15) is 105 Å². The standard InChI is InChI=1S/C48H46N12O8/c1-45(2,3)29-13-21-25(17-33(29)57(61)62)41-49-37(21)53-42-26-18-34(58(63)64)30(46(4,5)6)14-22(26)39(50-42)55-44-28-20-36(60(67)68)32(48(10,11)12)16-24(28)40(52-44)56-43-27-19-35(59(65)66)31(47(7,8)9)15-23(27)38(51-43)54-41/h13-20H,1-12H3,(H2,49,50,51,52,53,54,55,56). The summed E-state index contributed by atoms with van der Waals surface area (Å²) in [5, 5.41) is 52.4. The van der Waals surface area contributed by atoms with E-state index in [2.05, 4.69) is 9.97 Å². The van der Waals surface area contributed by atoms with E-state index in [-0.39, 0.29) is 90.5 Å². The normalized spacial score (nSPS) is 12.9. The molecule has 4 aromatic carbocycles. The van der Waals surface area contributed by atoms with Gasteiger partial charge in [-0.05, 0) is 45.9 Å². The predicted molar refractivity (Wildman–Crippen MR) is 257 cm³/mol. The Morgan fingerprint density at radius 3 is 0.809 bits per heavy atom. The summed E-state index contributed by atoms with van der Waals surface area (Å²) < 4.78 is 0. The number of aromatic nitrogens is 8. The average molecular weight is 919 g/mol. The minimum atomic E-state index is -0.728. The van der Waals surface area contributed by atoms with Crippen molar-refractivity contribution in [3.05, 3.63) is 111 Å². The first-order chi connectivity index (χ1) is 31.5. The fraction of sp³-hybridized carbons (Fsp3) is 0.333. The lowest BCUT2D eigenvalue weighted by Gasteiger charge is -2.19. The van der Waals surface area contributed by atoms with Crippen LogP contribution in [-0.4, -0.2) is 59.6 Å². The van der Waals surface area contributed by atoms with Gasteiger partial charge in [0.2, 0.25) is 0 Å². The molecular formula is C48H46N12O8. The van der Waals surface area contributed by atoms with E-state index in [1.807, 2.05) is 83.1 Å². The van der Waals surface area contributed by atoms with Crippen LogP contribution in [0.15, 0.2) is 48.5 Å². The van der Waals surface area contributed by atoms with Crippen molar-refractivity contribution >= 4 is 66.9 Å². The van der Waals surface area contributed by atoms with Crippen molar-refractivity contribution in [2.75, 3.05) is 0 Å². The van der Waals surface area contributed by atoms with E-state index >= 15 is 0 Å². The summed E-state index contributed by atoms with van der Waals surface area (Å²) in [5.41, 5.74) is -0.254. The maximum atomic E-state index is 12.7. The minimum Gasteiger partial charge on any atom is -0.324 e. The number of fused-ring (bicyclic) bond motifs is 20. The molecule has 2 aliphatic heterocycles. The molecule has 0 fully saturated rings. The van der Waals surface area contributed by atoms with Gasteiger partial charge in [0.1, 0.15) is 22.6 Å². The molecule has 20 nitrogen and oxygen atoms in total. The maximum Gasteiger partial charge on any atom is 0.273 e. The molecule has 0 radical (unpaired) electrons. The van der Waals surface area contributed by atoms with Gasteiger partial charge in [-0.1, -0.05) is 83.1 Å². The fourth-order valence-electron chi connectivity index (χ4n) is 8.94. The van der Waals surface area contributed by atoms with Crippen molar-refractivity contribution in [3.63, 3.8) is 0 Å². The SMILES string of the molecule is CC(C)(C)c1cc2c(cc1[N+](=O)[O-])-c1nc-2nc2[nH]c(nc3nc(nc4[nH]c(n1)c1cc(C(C)(C)C)c([N+](=O)[O-])cc41)-c1cc(C(C)(C)C)c([N+](=O)[O-])cc1-3)c1cc(C(C)(C)C)c([N+](=O)[O-])cc21. The van der Waals surface area contributed by atoms with Crippen LogP contribution < -0.4 is 0 Å². The zero-order valence-electron chi connectivity index (χ0n) is 39.4. The van der Waals surface area contributed by atoms with E-state index in [1.165, 1.54) is 24.3 Å². The highest BCUT2D eigenvalue weighted by Gasteiger charge is 2.35. The van der Waals surface area contributed by atoms with Crippen molar-refractivity contribution in [2.24, 2.45) is 0 Å². The third-order valence-corrected chi connectivity index (χ3v) is 12.3. The summed E-state index contributed by atoms with van der Waals surface area (Å²) in [7, 11) is 0. The third-order valence-electron chi connectivity index (χ3n) is 12.3. The topological polar surface area (TPSA) is 281 Å². The number of hydrogen-bond donors (Lipinski definition) is 2. The molecule has 0 spiro atoms. The van der Waals surface area contributed by atoms with Gasteiger partial charge in [0.15, 0.2) is 23.3 Å². The summed E-state index contributed by atoms with van der Waals surface area (Å²) >= 11 is 0. The van der Waals surface area contributed by atoms with Crippen LogP contribution in [-0.2, 0) is 21.7 Å². The molecule has 0 atom stereocenters. The van der Waals surface area contributed by atoms with Gasteiger partial charge in [-0.15, -0.1) is 0 Å². The monoisotopic (exact) mass is 918 g/mol. The smallest absolute Gasteiger partial charge is 0.273 e. The Balaban J connectivity index is 1.55. The molecule has 0 amide bonds. The molecule has 7 aromatic rings. The lowest BCUT2D eigenvalue weighted by molar-refractivity contribution is -0.386. The van der Waals surface area contributed by atoms with Crippen molar-refractivity contribution < 1.29 is 19.7 Å². The van der Waals surface area contributed by atoms with Crippen LogP contribution in [0.5, 0.6) is 0 Å². The Labute approximate surface area is 387 Å². The van der Waals surface area contributed by atoms with Crippen LogP contribution in [0.4, 0.5) is 22.7 Å². The quantitative estimate of drug-likeness (QED) is 0.123. The largest absolute Gasteiger partial charge is 0.324 e. The van der Waals surface area contributed by atoms with Crippen molar-refractivity contribution in [2.45, 2.75) is 105 Å². The molecule has 9 rings (SSSR count). The molecule has 0 aliphatic carbocycles. The number of nitrogens with one attached hydrogen (secondary N) is 2. The van der Waals surface area contributed by atoms with Crippen LogP contribution in [0.3, 0.4) is 0 Å². The Bertz CT molecular complexity index is 3400. The predicted octanol–water partition coefficient (Wildman–Crippen LogP) is 11.7. The zero-order chi connectivity index (χ0) is 49.5. The van der Waals surface area contributed by atoms with Gasteiger partial charge in [-0.2, -0.15) is 0 Å². The second-order valence-corrected chi connectivity index (χ2v) is 21.3. The first kappa shape index (κ1) is 45.0. The number of benzene rings is 4. The van der Waals surface area contributed by atoms with Gasteiger partial charge in [-0.25, -0.2) is 29.9 Å². The van der Waals surface area contributed by atoms with E-state index in [9.17, 15) is 40.5 Å². The second-order valence-electron chi connectivity index (χ2n) is 21.3. The van der Waals surface area contributed by atoms with E-state index < -0.39 is 41.4 Å². The molecule has 5 heterocycles. The van der Waals surface area contributed by atoms with E-state index in [4.69, 9.17) is 29.9 Å². The molecule has 346 valence electrons. The molecule has 8 bridgehead atoms. The first-order valence-electron chi connectivity index (χ1n) is 21.7. The first-order valence-corrected chi connectivity index (χ1v) is 21.7. The number of aromatic amines is 2. The van der Waals surface area contributed by atoms with Gasteiger partial charge in [0.25, 0.3) is 22.7 Å². The average Bonchev–Trinajstić information content (AvgIpc) is 3.95. The molecule has 0 saturated heterocycles. The molecule has 2 aliphatic rings. The van der Waals surface area contributed by atoms with Crippen molar-refractivity contribution in [1.29, 1.82) is 0 Å². The second kappa shape index (κ2) is 14.7. The third kappa shape index (κ3) is 7.31. The number of nitro benzene ring substituents is 4. The number of H-pyrrole nitrogens is 2. The minimum absolute atomic E-state index is 0.0165. The molecular weight excluding hydrogens is 873 g/mol. The van der Waals surface area contributed by atoms with Gasteiger partial charge < -0.3 is 9.97 Å². The van der Waals surface area contributed by atoms with Crippen LogP contribution in [0.25, 0.3) is 89.7 Å². The summed E-state index contributed by atoms with van der Waals surface area (Å²) in [6, 6.07) is 12.3. The Hall–Kier alpha value is -8.16. The summed E-state index contributed by atoms with van der Waals surface area (Å²) in [5.74, 6) is 0.172. The van der Waals surface area contributed by atoms with Crippen LogP contribution >= 0.6 is 0 Å². The number of rotatable bonds is 4. The highest BCUT2D eigenvalue weighted by Crippen LogP contribution is 2.46. The van der Waals surface area contributed by atoms with Gasteiger partial charge in [0.05, 0.1) is 19.7 Å². The van der Waals surface area contributed by atoms with E-state index in [1.54, 1.807) is 24.3 Å². The van der Waals surface area contributed by atoms with E-state index in [0.29, 0.717) is 44.2 Å². The summed E-state index contributed by atoms with van der Waals surface area (Å²) in [4.78, 5) is 85.4. The summed E-state index contributed by atoms with van der Waals surface area (Å²) in [6.07, 6.45) is 0. The van der Waals surface area contributed by atoms with Gasteiger partial charge in [-0.3, -0.25) is 40.5 Å². The zero-order valence-corrected chi connectivity index (χ0v) is 39.4. The molecule has 20 heteroatoms. The maximum absolute atomic E-state index is 12.7.